The first kappa shape index (κ1) is 12.4. The van der Waals surface area contributed by atoms with Gasteiger partial charge in [-0.3, -0.25) is 0 Å². The molecule has 3 atom stereocenters. The predicted octanol–water partition coefficient (Wildman–Crippen LogP) is 1.07. The third-order valence-electron chi connectivity index (χ3n) is 3.75. The van der Waals surface area contributed by atoms with Crippen molar-refractivity contribution in [1.29, 1.82) is 0 Å². The first-order valence-electron chi connectivity index (χ1n) is 6.52. The molecule has 100 valence electrons. The average Bonchev–Trinajstić information content (AvgIpc) is 3.09. The van der Waals surface area contributed by atoms with Crippen molar-refractivity contribution in [1.82, 2.24) is 15.5 Å². The van der Waals surface area contributed by atoms with Crippen LogP contribution in [0.5, 0.6) is 0 Å². The van der Waals surface area contributed by atoms with Crippen LogP contribution in [0.1, 0.15) is 24.1 Å². The summed E-state index contributed by atoms with van der Waals surface area (Å²) in [6.07, 6.45) is 2.00. The lowest BCUT2D eigenvalue weighted by molar-refractivity contribution is 0.185. The fourth-order valence-corrected chi connectivity index (χ4v) is 4.00. The first-order chi connectivity index (χ1) is 8.86. The lowest BCUT2D eigenvalue weighted by atomic mass is 10.0. The second kappa shape index (κ2) is 5.59. The molecule has 1 aromatic heterocycles. The van der Waals surface area contributed by atoms with Crippen LogP contribution in [0.15, 0.2) is 4.52 Å². The maximum atomic E-state index is 5.44. The van der Waals surface area contributed by atoms with Gasteiger partial charge >= 0.3 is 0 Å². The van der Waals surface area contributed by atoms with E-state index in [1.54, 1.807) is 0 Å². The van der Waals surface area contributed by atoms with E-state index in [0.717, 1.165) is 49.3 Å². The SMILES string of the molecule is CNC1CSCC1c1nc(CC2CCOC2)no1. The Hall–Kier alpha value is -0.590. The molecule has 2 aliphatic rings. The van der Waals surface area contributed by atoms with E-state index < -0.39 is 0 Å². The minimum absolute atomic E-state index is 0.362. The third kappa shape index (κ3) is 2.55. The highest BCUT2D eigenvalue weighted by Gasteiger charge is 2.32. The molecule has 18 heavy (non-hydrogen) atoms. The van der Waals surface area contributed by atoms with Crippen LogP contribution in [0, 0.1) is 5.92 Å². The summed E-state index contributed by atoms with van der Waals surface area (Å²) >= 11 is 1.94. The molecule has 6 heteroatoms. The van der Waals surface area contributed by atoms with E-state index in [-0.39, 0.29) is 0 Å². The van der Waals surface area contributed by atoms with Crippen LogP contribution in [-0.2, 0) is 11.2 Å². The Kier molecular flexibility index (Phi) is 3.86. The molecule has 0 aromatic carbocycles. The van der Waals surface area contributed by atoms with Crippen LogP contribution in [0.3, 0.4) is 0 Å². The van der Waals surface area contributed by atoms with Gasteiger partial charge in [-0.05, 0) is 19.4 Å². The lowest BCUT2D eigenvalue weighted by Gasteiger charge is -2.13. The molecule has 0 spiro atoms. The molecule has 3 rings (SSSR count). The summed E-state index contributed by atoms with van der Waals surface area (Å²) in [5, 5.41) is 7.44. The molecule has 2 fully saturated rings. The largest absolute Gasteiger partial charge is 0.381 e. The van der Waals surface area contributed by atoms with E-state index in [2.05, 4.69) is 15.5 Å². The van der Waals surface area contributed by atoms with E-state index in [4.69, 9.17) is 9.26 Å². The summed E-state index contributed by atoms with van der Waals surface area (Å²) in [4.78, 5) is 4.57. The number of hydrogen-bond donors (Lipinski definition) is 1. The molecule has 0 radical (unpaired) electrons. The van der Waals surface area contributed by atoms with Gasteiger partial charge in [0.25, 0.3) is 0 Å². The Morgan fingerprint density at radius 1 is 1.44 bits per heavy atom. The predicted molar refractivity (Wildman–Crippen MR) is 69.8 cm³/mol. The van der Waals surface area contributed by atoms with Crippen molar-refractivity contribution in [3.63, 3.8) is 0 Å². The topological polar surface area (TPSA) is 60.2 Å². The van der Waals surface area contributed by atoms with Gasteiger partial charge in [0.2, 0.25) is 5.89 Å². The van der Waals surface area contributed by atoms with Gasteiger partial charge < -0.3 is 14.6 Å². The number of aromatic nitrogens is 2. The highest BCUT2D eigenvalue weighted by atomic mass is 32.2. The normalized spacial score (nSPS) is 32.2. The van der Waals surface area contributed by atoms with E-state index in [9.17, 15) is 0 Å². The zero-order valence-corrected chi connectivity index (χ0v) is 11.4. The molecule has 2 aliphatic heterocycles. The van der Waals surface area contributed by atoms with Crippen LogP contribution in [0.2, 0.25) is 0 Å². The monoisotopic (exact) mass is 269 g/mol. The summed E-state index contributed by atoms with van der Waals surface area (Å²) in [5.74, 6) is 4.75. The number of hydrogen-bond acceptors (Lipinski definition) is 6. The number of thioether (sulfide) groups is 1. The van der Waals surface area contributed by atoms with Gasteiger partial charge in [0.1, 0.15) is 0 Å². The van der Waals surface area contributed by atoms with E-state index >= 15 is 0 Å². The summed E-state index contributed by atoms with van der Waals surface area (Å²) in [7, 11) is 2.00. The number of rotatable bonds is 4. The summed E-state index contributed by atoms with van der Waals surface area (Å²) < 4.78 is 10.8. The van der Waals surface area contributed by atoms with Crippen molar-refractivity contribution in [2.24, 2.45) is 5.92 Å². The quantitative estimate of drug-likeness (QED) is 0.882. The highest BCUT2D eigenvalue weighted by molar-refractivity contribution is 7.99. The minimum atomic E-state index is 0.362. The van der Waals surface area contributed by atoms with Crippen molar-refractivity contribution in [3.8, 4) is 0 Å². The van der Waals surface area contributed by atoms with Crippen LogP contribution in [0.4, 0.5) is 0 Å². The smallest absolute Gasteiger partial charge is 0.232 e. The molecule has 2 saturated heterocycles. The number of likely N-dealkylation sites (N-methyl/N-ethyl adjacent to an activating group) is 1. The highest BCUT2D eigenvalue weighted by Crippen LogP contribution is 2.32. The van der Waals surface area contributed by atoms with Crippen LogP contribution >= 0.6 is 11.8 Å². The van der Waals surface area contributed by atoms with Crippen LogP contribution in [0.25, 0.3) is 0 Å². The number of nitrogens with zero attached hydrogens (tertiary/aromatic N) is 2. The first-order valence-corrected chi connectivity index (χ1v) is 7.67. The van der Waals surface area contributed by atoms with Crippen molar-refractivity contribution >= 4 is 11.8 Å². The molecule has 0 amide bonds. The molecular formula is C12H19N3O2S. The van der Waals surface area contributed by atoms with Gasteiger partial charge in [-0.25, -0.2) is 0 Å². The molecule has 0 aliphatic carbocycles. The van der Waals surface area contributed by atoms with Crippen LogP contribution < -0.4 is 5.32 Å². The molecule has 1 aromatic rings. The summed E-state index contributed by atoms with van der Waals surface area (Å²) in [6, 6.07) is 0.457. The summed E-state index contributed by atoms with van der Waals surface area (Å²) in [6.45, 7) is 1.71. The fraction of sp³-hybridized carbons (Fsp3) is 0.833. The number of ether oxygens (including phenoxy) is 1. The molecule has 0 saturated carbocycles. The van der Waals surface area contributed by atoms with Gasteiger partial charge in [0.05, 0.1) is 5.92 Å². The zero-order chi connectivity index (χ0) is 12.4. The molecule has 5 nitrogen and oxygen atoms in total. The zero-order valence-electron chi connectivity index (χ0n) is 10.6. The van der Waals surface area contributed by atoms with Crippen molar-refractivity contribution < 1.29 is 9.26 Å². The standard InChI is InChI=1S/C12H19N3O2S/c1-13-10-7-18-6-9(10)12-14-11(15-17-12)4-8-2-3-16-5-8/h8-10,13H,2-7H2,1H3. The van der Waals surface area contributed by atoms with Gasteiger partial charge in [-0.15, -0.1) is 0 Å². The number of nitrogens with one attached hydrogen (secondary N) is 1. The molecular weight excluding hydrogens is 250 g/mol. The Labute approximate surface area is 111 Å². The average molecular weight is 269 g/mol. The Morgan fingerprint density at radius 3 is 3.17 bits per heavy atom. The maximum absolute atomic E-state index is 5.44. The Bertz CT molecular complexity index is 392. The molecule has 0 bridgehead atoms. The van der Waals surface area contributed by atoms with Gasteiger partial charge in [-0.2, -0.15) is 16.7 Å². The van der Waals surface area contributed by atoms with Crippen molar-refractivity contribution in [3.05, 3.63) is 11.7 Å². The van der Waals surface area contributed by atoms with E-state index in [1.807, 2.05) is 18.8 Å². The minimum Gasteiger partial charge on any atom is -0.381 e. The third-order valence-corrected chi connectivity index (χ3v) is 4.94. The lowest BCUT2D eigenvalue weighted by Crippen LogP contribution is -2.31. The molecule has 3 heterocycles. The van der Waals surface area contributed by atoms with E-state index in [1.165, 1.54) is 0 Å². The van der Waals surface area contributed by atoms with Crippen LogP contribution in [-0.4, -0.2) is 47.9 Å². The van der Waals surface area contributed by atoms with Gasteiger partial charge in [-0.1, -0.05) is 5.16 Å². The Morgan fingerprint density at radius 2 is 2.39 bits per heavy atom. The van der Waals surface area contributed by atoms with Gasteiger partial charge in [0.15, 0.2) is 5.82 Å². The maximum Gasteiger partial charge on any atom is 0.232 e. The summed E-state index contributed by atoms with van der Waals surface area (Å²) in [5.41, 5.74) is 0. The van der Waals surface area contributed by atoms with Crippen molar-refractivity contribution in [2.45, 2.75) is 24.8 Å². The second-order valence-electron chi connectivity index (χ2n) is 5.02. The van der Waals surface area contributed by atoms with E-state index in [0.29, 0.717) is 17.9 Å². The van der Waals surface area contributed by atoms with Crippen molar-refractivity contribution in [2.75, 3.05) is 31.8 Å². The second-order valence-corrected chi connectivity index (χ2v) is 6.10. The Balaban J connectivity index is 1.65. The molecule has 1 N–H and O–H groups in total. The van der Waals surface area contributed by atoms with Gasteiger partial charge in [0, 0.05) is 37.2 Å². The molecule has 3 unspecified atom stereocenters. The fourth-order valence-electron chi connectivity index (χ4n) is 2.59.